The number of esters is 4. The lowest BCUT2D eigenvalue weighted by Gasteiger charge is -2.41. The monoisotopic (exact) mass is 594 g/mol. The van der Waals surface area contributed by atoms with Gasteiger partial charge in [0.25, 0.3) is 6.29 Å². The molecule has 1 aromatic carbocycles. The van der Waals surface area contributed by atoms with Crippen molar-refractivity contribution in [2.24, 2.45) is 11.8 Å². The van der Waals surface area contributed by atoms with E-state index in [1.54, 1.807) is 63.3 Å². The van der Waals surface area contributed by atoms with Gasteiger partial charge in [-0.05, 0) is 57.9 Å². The Morgan fingerprint density at radius 2 is 1.60 bits per heavy atom. The van der Waals surface area contributed by atoms with Crippen molar-refractivity contribution in [2.75, 3.05) is 0 Å². The van der Waals surface area contributed by atoms with Crippen molar-refractivity contribution >= 4 is 29.7 Å². The molecule has 230 valence electrons. The first-order chi connectivity index (χ1) is 20.3. The van der Waals surface area contributed by atoms with Crippen LogP contribution in [0.5, 0.6) is 0 Å². The molecule has 10 heteroatoms. The Hall–Kier alpha value is -4.47. The lowest BCUT2D eigenvalue weighted by molar-refractivity contribution is -0.183. The van der Waals surface area contributed by atoms with E-state index in [1.807, 2.05) is 0 Å². The van der Waals surface area contributed by atoms with Crippen LogP contribution < -0.4 is 0 Å². The van der Waals surface area contributed by atoms with Gasteiger partial charge in [0.2, 0.25) is 5.78 Å². The maximum absolute atomic E-state index is 13.9. The fraction of sp³-hybridized carbons (Fsp3) is 0.424. The molecule has 43 heavy (non-hydrogen) atoms. The number of ketones is 1. The van der Waals surface area contributed by atoms with E-state index >= 15 is 0 Å². The number of ether oxygens (including phenoxy) is 5. The average molecular weight is 595 g/mol. The molecule has 0 saturated heterocycles. The number of fused-ring (bicyclic) bond motifs is 1. The second-order valence-electron chi connectivity index (χ2n) is 10.8. The predicted octanol–water partition coefficient (Wildman–Crippen LogP) is 4.94. The molecule has 1 heterocycles. The zero-order chi connectivity index (χ0) is 31.8. The zero-order valence-corrected chi connectivity index (χ0v) is 25.3. The number of carbonyl (C=O) groups is 5. The number of benzene rings is 1. The summed E-state index contributed by atoms with van der Waals surface area (Å²) >= 11 is 0. The normalized spacial score (nSPS) is 24.4. The largest absolute Gasteiger partial charge is 0.462 e. The van der Waals surface area contributed by atoms with Gasteiger partial charge in [-0.1, -0.05) is 35.9 Å². The van der Waals surface area contributed by atoms with Crippen molar-refractivity contribution in [3.63, 3.8) is 0 Å². The third kappa shape index (κ3) is 8.76. The number of Topliss-reactive ketones (excluding diaryl/α,β-unsaturated/α-hetero) is 1. The Kier molecular flexibility index (Phi) is 11.2. The van der Waals surface area contributed by atoms with Crippen LogP contribution in [0.3, 0.4) is 0 Å². The highest BCUT2D eigenvalue weighted by atomic mass is 16.7. The molecule has 1 aliphatic heterocycles. The molecule has 0 spiro atoms. The van der Waals surface area contributed by atoms with Crippen LogP contribution in [0.25, 0.3) is 0 Å². The summed E-state index contributed by atoms with van der Waals surface area (Å²) in [4.78, 5) is 63.3. The van der Waals surface area contributed by atoms with Crippen molar-refractivity contribution in [1.82, 2.24) is 0 Å². The molecule has 1 aliphatic carbocycles. The maximum atomic E-state index is 13.9. The minimum Gasteiger partial charge on any atom is -0.462 e. The maximum Gasteiger partial charge on any atom is 0.339 e. The van der Waals surface area contributed by atoms with Crippen LogP contribution in [0, 0.1) is 11.8 Å². The van der Waals surface area contributed by atoms with Crippen LogP contribution in [0.2, 0.25) is 0 Å². The fourth-order valence-electron chi connectivity index (χ4n) is 5.21. The number of rotatable bonds is 8. The molecule has 3 rings (SSSR count). The van der Waals surface area contributed by atoms with E-state index in [2.05, 4.69) is 6.58 Å². The molecule has 0 radical (unpaired) electrons. The Labute approximate surface area is 251 Å². The Balaban J connectivity index is 2.10. The molecule has 1 aromatic rings. The van der Waals surface area contributed by atoms with Gasteiger partial charge in [-0.3, -0.25) is 19.2 Å². The van der Waals surface area contributed by atoms with Gasteiger partial charge in [0.15, 0.2) is 18.3 Å². The van der Waals surface area contributed by atoms with Crippen LogP contribution >= 0.6 is 0 Å². The molecule has 0 bridgehead atoms. The van der Waals surface area contributed by atoms with Gasteiger partial charge in [-0.15, -0.1) is 0 Å². The molecular formula is C33H38O10. The summed E-state index contributed by atoms with van der Waals surface area (Å²) in [5.41, 5.74) is 2.23. The first-order valence-corrected chi connectivity index (χ1v) is 14.0. The molecule has 0 unspecified atom stereocenters. The summed E-state index contributed by atoms with van der Waals surface area (Å²) in [7, 11) is 0. The summed E-state index contributed by atoms with van der Waals surface area (Å²) in [5, 5.41) is 0. The van der Waals surface area contributed by atoms with Gasteiger partial charge < -0.3 is 23.7 Å². The van der Waals surface area contributed by atoms with E-state index in [1.165, 1.54) is 27.0 Å². The van der Waals surface area contributed by atoms with Crippen molar-refractivity contribution in [3.05, 3.63) is 83.2 Å². The lowest BCUT2D eigenvalue weighted by atomic mass is 9.73. The van der Waals surface area contributed by atoms with E-state index in [-0.39, 0.29) is 11.1 Å². The zero-order valence-electron chi connectivity index (χ0n) is 25.3. The van der Waals surface area contributed by atoms with E-state index in [0.717, 1.165) is 11.1 Å². The molecule has 0 saturated carbocycles. The topological polar surface area (TPSA) is 132 Å². The van der Waals surface area contributed by atoms with Crippen LogP contribution in [-0.2, 0) is 42.9 Å². The second-order valence-corrected chi connectivity index (χ2v) is 10.8. The Morgan fingerprint density at radius 3 is 2.19 bits per heavy atom. The lowest BCUT2D eigenvalue weighted by Crippen LogP contribution is -2.46. The molecule has 0 aromatic heterocycles. The van der Waals surface area contributed by atoms with Gasteiger partial charge in [0.1, 0.15) is 0 Å². The predicted molar refractivity (Wildman–Crippen MR) is 155 cm³/mol. The number of carbonyl (C=O) groups excluding carboxylic acids is 5. The summed E-state index contributed by atoms with van der Waals surface area (Å²) in [6.45, 7) is 13.2. The third-order valence-corrected chi connectivity index (χ3v) is 7.00. The van der Waals surface area contributed by atoms with Crippen LogP contribution in [0.1, 0.15) is 64.7 Å². The van der Waals surface area contributed by atoms with Gasteiger partial charge in [-0.25, -0.2) is 4.79 Å². The van der Waals surface area contributed by atoms with Gasteiger partial charge in [-0.2, -0.15) is 0 Å². The average Bonchev–Trinajstić information content (AvgIpc) is 2.96. The smallest absolute Gasteiger partial charge is 0.339 e. The minimum atomic E-state index is -1.30. The van der Waals surface area contributed by atoms with E-state index in [4.69, 9.17) is 23.7 Å². The molecule has 0 amide bonds. The van der Waals surface area contributed by atoms with Crippen LogP contribution in [-0.4, -0.2) is 54.3 Å². The Morgan fingerprint density at radius 1 is 0.953 bits per heavy atom. The molecule has 0 N–H and O–H groups in total. The highest BCUT2D eigenvalue weighted by Gasteiger charge is 2.48. The number of hydrogen-bond acceptors (Lipinski definition) is 10. The van der Waals surface area contributed by atoms with Gasteiger partial charge in [0, 0.05) is 37.8 Å². The highest BCUT2D eigenvalue weighted by Crippen LogP contribution is 2.43. The molecule has 2 aliphatic rings. The first-order valence-electron chi connectivity index (χ1n) is 14.0. The van der Waals surface area contributed by atoms with Gasteiger partial charge in [0.05, 0.1) is 17.7 Å². The fourth-order valence-corrected chi connectivity index (χ4v) is 5.21. The SMILES string of the molecule is C=C1C(=O)[C@H](OC(=O)c2ccccc2)/C=C(\C)CC[C@@H]2C([C@H](OC(C)=O)[C@@H](C=C(C)C)OC(C)=O)=CO[C@@H](OC(C)=O)[C@@H]12. The van der Waals surface area contributed by atoms with E-state index in [0.29, 0.717) is 18.4 Å². The Bertz CT molecular complexity index is 1350. The van der Waals surface area contributed by atoms with Crippen LogP contribution in [0.15, 0.2) is 77.6 Å². The van der Waals surface area contributed by atoms with Gasteiger partial charge >= 0.3 is 23.9 Å². The summed E-state index contributed by atoms with van der Waals surface area (Å²) in [6, 6.07) is 8.27. The second kappa shape index (κ2) is 14.6. The van der Waals surface area contributed by atoms with Crippen LogP contribution in [0.4, 0.5) is 0 Å². The van der Waals surface area contributed by atoms with E-state index < -0.39 is 66.1 Å². The van der Waals surface area contributed by atoms with Crippen molar-refractivity contribution in [1.29, 1.82) is 0 Å². The quantitative estimate of drug-likeness (QED) is 0.176. The number of hydrogen-bond donors (Lipinski definition) is 0. The summed E-state index contributed by atoms with van der Waals surface area (Å²) in [5.74, 6) is -4.74. The first kappa shape index (κ1) is 33.0. The number of allylic oxidation sites excluding steroid dienone is 2. The molecular weight excluding hydrogens is 556 g/mol. The molecule has 10 nitrogen and oxygen atoms in total. The van der Waals surface area contributed by atoms with Crippen molar-refractivity contribution < 1.29 is 47.7 Å². The summed E-state index contributed by atoms with van der Waals surface area (Å²) in [6.07, 6.45) is 0.688. The standard InChI is InChI=1S/C33H38O10/c1-18(2)15-28(40-21(5)34)31(41-22(6)35)26-17-39-33(42-23(7)36)29-20(4)30(37)27(16-19(3)13-14-25(26)29)43-32(38)24-11-9-8-10-12-24/h8-12,15-17,25,27-29,31,33H,4,13-14H2,1-3,5-7H3/b19-16+/t25-,27-,28-,29+,31+,33+/m1/s1. The molecule has 0 fully saturated rings. The van der Waals surface area contributed by atoms with E-state index in [9.17, 15) is 24.0 Å². The minimum absolute atomic E-state index is 0.00788. The molecule has 6 atom stereocenters. The third-order valence-electron chi connectivity index (χ3n) is 7.00. The summed E-state index contributed by atoms with van der Waals surface area (Å²) < 4.78 is 28.3. The van der Waals surface area contributed by atoms with Crippen molar-refractivity contribution in [3.8, 4) is 0 Å². The van der Waals surface area contributed by atoms with Crippen molar-refractivity contribution in [2.45, 2.75) is 79.0 Å². The highest BCUT2D eigenvalue weighted by molar-refractivity contribution is 6.02.